The molecule has 0 spiro atoms. The minimum Gasteiger partial charge on any atom is -0.497 e. The standard InChI is InChI=1S/C34H31N3O2/c1-22-24(3)37(21-25-9-11-27(12-10-25)31-8-6-5-7-29(31)20-35)33-18-15-28(19-32(22)33)34(38)36-23(2)26-13-16-30(39-4)17-14-26/h5-19,23H,21H2,1-4H3,(H,36,38). The second-order valence-electron chi connectivity index (χ2n) is 9.85. The van der Waals surface area contributed by atoms with Crippen molar-refractivity contribution in [2.75, 3.05) is 7.11 Å². The van der Waals surface area contributed by atoms with Gasteiger partial charge in [0.15, 0.2) is 0 Å². The number of amides is 1. The van der Waals surface area contributed by atoms with E-state index in [2.05, 4.69) is 54.1 Å². The van der Waals surface area contributed by atoms with E-state index in [1.54, 1.807) is 7.11 Å². The number of carbonyl (C=O) groups is 1. The van der Waals surface area contributed by atoms with Crippen molar-refractivity contribution in [3.8, 4) is 22.9 Å². The van der Waals surface area contributed by atoms with E-state index < -0.39 is 0 Å². The van der Waals surface area contributed by atoms with Crippen LogP contribution in [-0.4, -0.2) is 17.6 Å². The second kappa shape index (κ2) is 10.9. The molecule has 0 fully saturated rings. The molecule has 1 unspecified atom stereocenters. The quantitative estimate of drug-likeness (QED) is 0.247. The van der Waals surface area contributed by atoms with Gasteiger partial charge in [-0.25, -0.2) is 0 Å². The summed E-state index contributed by atoms with van der Waals surface area (Å²) in [6.45, 7) is 6.93. The monoisotopic (exact) mass is 513 g/mol. The number of nitriles is 1. The number of aryl methyl sites for hydroxylation is 1. The minimum atomic E-state index is -0.130. The molecule has 5 rings (SSSR count). The molecule has 0 aliphatic heterocycles. The van der Waals surface area contributed by atoms with Gasteiger partial charge in [-0.1, -0.05) is 54.6 Å². The maximum absolute atomic E-state index is 13.1. The molecule has 5 nitrogen and oxygen atoms in total. The fraction of sp³-hybridized carbons (Fsp3) is 0.176. The van der Waals surface area contributed by atoms with Crippen LogP contribution in [0.15, 0.2) is 91.0 Å². The molecule has 0 bridgehead atoms. The first-order valence-electron chi connectivity index (χ1n) is 13.0. The molecule has 4 aromatic carbocycles. The first kappa shape index (κ1) is 25.8. The van der Waals surface area contributed by atoms with Gasteiger partial charge in [0.1, 0.15) is 5.75 Å². The van der Waals surface area contributed by atoms with Gasteiger partial charge in [-0.3, -0.25) is 4.79 Å². The number of hydrogen-bond acceptors (Lipinski definition) is 3. The summed E-state index contributed by atoms with van der Waals surface area (Å²) in [5, 5.41) is 13.6. The molecule has 1 amide bonds. The number of carbonyl (C=O) groups excluding carboxylic acids is 1. The number of hydrogen-bond donors (Lipinski definition) is 1. The second-order valence-corrected chi connectivity index (χ2v) is 9.85. The van der Waals surface area contributed by atoms with Crippen LogP contribution in [0, 0.1) is 25.2 Å². The number of nitrogens with zero attached hydrogens (tertiary/aromatic N) is 2. The van der Waals surface area contributed by atoms with Crippen LogP contribution in [0.1, 0.15) is 51.3 Å². The van der Waals surface area contributed by atoms with E-state index in [0.717, 1.165) is 39.9 Å². The van der Waals surface area contributed by atoms with Crippen molar-refractivity contribution < 1.29 is 9.53 Å². The first-order valence-corrected chi connectivity index (χ1v) is 13.0. The van der Waals surface area contributed by atoms with E-state index in [4.69, 9.17) is 4.74 Å². The lowest BCUT2D eigenvalue weighted by atomic mass is 9.99. The molecule has 5 heteroatoms. The van der Waals surface area contributed by atoms with Crippen LogP contribution in [0.4, 0.5) is 0 Å². The molecule has 5 aromatic rings. The lowest BCUT2D eigenvalue weighted by molar-refractivity contribution is 0.0940. The van der Waals surface area contributed by atoms with Crippen molar-refractivity contribution in [3.05, 3.63) is 125 Å². The van der Waals surface area contributed by atoms with E-state index in [-0.39, 0.29) is 11.9 Å². The van der Waals surface area contributed by atoms with Gasteiger partial charge in [0, 0.05) is 28.7 Å². The largest absolute Gasteiger partial charge is 0.497 e. The fourth-order valence-corrected chi connectivity index (χ4v) is 5.06. The van der Waals surface area contributed by atoms with Crippen LogP contribution in [0.3, 0.4) is 0 Å². The number of ether oxygens (including phenoxy) is 1. The topological polar surface area (TPSA) is 67.0 Å². The average molecular weight is 514 g/mol. The molecule has 39 heavy (non-hydrogen) atoms. The third kappa shape index (κ3) is 5.15. The predicted molar refractivity (Wildman–Crippen MR) is 156 cm³/mol. The van der Waals surface area contributed by atoms with E-state index in [9.17, 15) is 10.1 Å². The normalized spacial score (nSPS) is 11.7. The molecule has 0 saturated carbocycles. The molecule has 0 radical (unpaired) electrons. The van der Waals surface area contributed by atoms with E-state index in [1.165, 1.54) is 16.8 Å². The number of rotatable bonds is 7. The van der Waals surface area contributed by atoms with Gasteiger partial charge >= 0.3 is 0 Å². The highest BCUT2D eigenvalue weighted by Gasteiger charge is 2.16. The Morgan fingerprint density at radius 2 is 1.69 bits per heavy atom. The summed E-state index contributed by atoms with van der Waals surface area (Å²) in [6.07, 6.45) is 0. The maximum atomic E-state index is 13.1. The zero-order chi connectivity index (χ0) is 27.5. The summed E-state index contributed by atoms with van der Waals surface area (Å²) >= 11 is 0. The summed E-state index contributed by atoms with van der Waals surface area (Å²) < 4.78 is 7.53. The van der Waals surface area contributed by atoms with Gasteiger partial charge in [0.2, 0.25) is 0 Å². The molecular formula is C34H31N3O2. The SMILES string of the molecule is COc1ccc(C(C)NC(=O)c2ccc3c(c2)c(C)c(C)n3Cc2ccc(-c3ccccc3C#N)cc2)cc1. The van der Waals surface area contributed by atoms with Crippen LogP contribution in [-0.2, 0) is 6.54 Å². The number of nitrogens with one attached hydrogen (secondary N) is 1. The van der Waals surface area contributed by atoms with Crippen molar-refractivity contribution in [3.63, 3.8) is 0 Å². The lowest BCUT2D eigenvalue weighted by Crippen LogP contribution is -2.26. The number of fused-ring (bicyclic) bond motifs is 1. The molecule has 0 saturated heterocycles. The highest BCUT2D eigenvalue weighted by Crippen LogP contribution is 2.29. The Bertz CT molecular complexity index is 1690. The molecular weight excluding hydrogens is 482 g/mol. The Balaban J connectivity index is 1.37. The van der Waals surface area contributed by atoms with Gasteiger partial charge in [0.05, 0.1) is 24.8 Å². The molecule has 1 heterocycles. The molecule has 0 aliphatic carbocycles. The van der Waals surface area contributed by atoms with Crippen LogP contribution >= 0.6 is 0 Å². The Kier molecular flexibility index (Phi) is 7.21. The highest BCUT2D eigenvalue weighted by molar-refractivity contribution is 5.99. The Morgan fingerprint density at radius 3 is 2.38 bits per heavy atom. The molecule has 0 aliphatic rings. The van der Waals surface area contributed by atoms with E-state index in [1.807, 2.05) is 73.7 Å². The zero-order valence-corrected chi connectivity index (χ0v) is 22.7. The first-order chi connectivity index (χ1) is 18.9. The van der Waals surface area contributed by atoms with Gasteiger partial charge in [0.25, 0.3) is 5.91 Å². The van der Waals surface area contributed by atoms with Crippen LogP contribution < -0.4 is 10.1 Å². The highest BCUT2D eigenvalue weighted by atomic mass is 16.5. The average Bonchev–Trinajstić information content (AvgIpc) is 3.21. The van der Waals surface area contributed by atoms with E-state index >= 15 is 0 Å². The molecule has 1 aromatic heterocycles. The van der Waals surface area contributed by atoms with Gasteiger partial charge in [-0.15, -0.1) is 0 Å². The summed E-state index contributed by atoms with van der Waals surface area (Å²) in [6, 6.07) is 31.9. The van der Waals surface area contributed by atoms with Crippen LogP contribution in [0.5, 0.6) is 5.75 Å². The summed E-state index contributed by atoms with van der Waals surface area (Å²) in [7, 11) is 1.64. The summed E-state index contributed by atoms with van der Waals surface area (Å²) in [5.41, 5.74) is 8.92. The van der Waals surface area contributed by atoms with Crippen molar-refractivity contribution in [2.24, 2.45) is 0 Å². The van der Waals surface area contributed by atoms with Crippen molar-refractivity contribution in [1.29, 1.82) is 5.26 Å². The Hall–Kier alpha value is -4.82. The lowest BCUT2D eigenvalue weighted by Gasteiger charge is -2.15. The third-order valence-electron chi connectivity index (χ3n) is 7.52. The van der Waals surface area contributed by atoms with Crippen molar-refractivity contribution in [2.45, 2.75) is 33.4 Å². The van der Waals surface area contributed by atoms with Gasteiger partial charge < -0.3 is 14.6 Å². The van der Waals surface area contributed by atoms with Gasteiger partial charge in [-0.05, 0) is 85.0 Å². The predicted octanol–water partition coefficient (Wildman–Crippen LogP) is 7.34. The third-order valence-corrected chi connectivity index (χ3v) is 7.52. The fourth-order valence-electron chi connectivity index (χ4n) is 5.06. The van der Waals surface area contributed by atoms with Crippen molar-refractivity contribution in [1.82, 2.24) is 9.88 Å². The Labute approximate surface area is 229 Å². The van der Waals surface area contributed by atoms with E-state index in [0.29, 0.717) is 11.1 Å². The number of aromatic nitrogens is 1. The minimum absolute atomic E-state index is 0.0988. The molecule has 1 N–H and O–H groups in total. The number of methoxy groups -OCH3 is 1. The van der Waals surface area contributed by atoms with Crippen LogP contribution in [0.2, 0.25) is 0 Å². The van der Waals surface area contributed by atoms with Crippen LogP contribution in [0.25, 0.3) is 22.0 Å². The molecule has 1 atom stereocenters. The summed E-state index contributed by atoms with van der Waals surface area (Å²) in [4.78, 5) is 13.1. The van der Waals surface area contributed by atoms with Crippen molar-refractivity contribution >= 4 is 16.8 Å². The maximum Gasteiger partial charge on any atom is 0.251 e. The zero-order valence-electron chi connectivity index (χ0n) is 22.7. The van der Waals surface area contributed by atoms with Gasteiger partial charge in [-0.2, -0.15) is 5.26 Å². The number of benzene rings is 4. The smallest absolute Gasteiger partial charge is 0.251 e. The Morgan fingerprint density at radius 1 is 0.974 bits per heavy atom. The molecule has 194 valence electrons. The summed E-state index contributed by atoms with van der Waals surface area (Å²) in [5.74, 6) is 0.691.